The number of aryl methyl sites for hydroxylation is 1. The van der Waals surface area contributed by atoms with Crippen molar-refractivity contribution in [3.8, 4) is 11.5 Å². The number of nitrogens with zero attached hydrogens (tertiary/aromatic N) is 3. The van der Waals surface area contributed by atoms with Crippen molar-refractivity contribution in [1.29, 1.82) is 0 Å². The second kappa shape index (κ2) is 6.79. The van der Waals surface area contributed by atoms with Crippen molar-refractivity contribution < 1.29 is 9.47 Å². The van der Waals surface area contributed by atoms with E-state index in [1.165, 1.54) is 12.8 Å². The molecule has 6 heteroatoms. The number of methoxy groups -OCH3 is 2. The van der Waals surface area contributed by atoms with Gasteiger partial charge in [-0.3, -0.25) is 0 Å². The molecule has 0 atom stereocenters. The van der Waals surface area contributed by atoms with Gasteiger partial charge in [-0.2, -0.15) is 0 Å². The molecule has 0 fully saturated rings. The fourth-order valence-corrected chi connectivity index (χ4v) is 2.81. The third-order valence-corrected chi connectivity index (χ3v) is 4.00. The molecule has 0 spiro atoms. The van der Waals surface area contributed by atoms with Crippen molar-refractivity contribution in [1.82, 2.24) is 20.1 Å². The Labute approximate surface area is 130 Å². The molecule has 2 aromatic rings. The Morgan fingerprint density at radius 3 is 2.77 bits per heavy atom. The van der Waals surface area contributed by atoms with Gasteiger partial charge in [-0.1, -0.05) is 6.07 Å². The summed E-state index contributed by atoms with van der Waals surface area (Å²) >= 11 is 0. The quantitative estimate of drug-likeness (QED) is 0.883. The summed E-state index contributed by atoms with van der Waals surface area (Å²) in [7, 11) is 3.29. The Hall–Kier alpha value is -2.08. The number of aromatic nitrogens is 3. The minimum atomic E-state index is 0.724. The number of hydrogen-bond donors (Lipinski definition) is 1. The minimum Gasteiger partial charge on any atom is -0.493 e. The Balaban J connectivity index is 1.60. The van der Waals surface area contributed by atoms with E-state index in [-0.39, 0.29) is 0 Å². The van der Waals surface area contributed by atoms with Crippen LogP contribution in [0.1, 0.15) is 30.1 Å². The molecule has 1 aliphatic heterocycles. The Morgan fingerprint density at radius 2 is 1.95 bits per heavy atom. The lowest BCUT2D eigenvalue weighted by atomic mass is 10.1. The fraction of sp³-hybridized carbons (Fsp3) is 0.500. The highest BCUT2D eigenvalue weighted by Gasteiger charge is 2.15. The van der Waals surface area contributed by atoms with Gasteiger partial charge < -0.3 is 19.4 Å². The molecule has 1 N–H and O–H groups in total. The molecule has 6 nitrogen and oxygen atoms in total. The van der Waals surface area contributed by atoms with Gasteiger partial charge in [0.05, 0.1) is 20.8 Å². The van der Waals surface area contributed by atoms with E-state index in [1.54, 1.807) is 14.2 Å². The van der Waals surface area contributed by atoms with E-state index >= 15 is 0 Å². The standard InChI is InChI=1S/C16H22N4O2/c1-21-13-7-6-12(9-14(13)22-2)10-17-11-16-19-18-15-5-3-4-8-20(15)16/h6-7,9,17H,3-5,8,10-11H2,1-2H3. The predicted octanol–water partition coefficient (Wildman–Crippen LogP) is 1.92. The van der Waals surface area contributed by atoms with Gasteiger partial charge in [0.25, 0.3) is 0 Å². The van der Waals surface area contributed by atoms with Crippen molar-refractivity contribution in [2.45, 2.75) is 38.9 Å². The van der Waals surface area contributed by atoms with Crippen molar-refractivity contribution in [2.24, 2.45) is 0 Å². The summed E-state index contributed by atoms with van der Waals surface area (Å²) in [5.41, 5.74) is 1.15. The van der Waals surface area contributed by atoms with Gasteiger partial charge in [0, 0.05) is 19.5 Å². The molecule has 3 rings (SSSR count). The largest absolute Gasteiger partial charge is 0.493 e. The molecule has 1 aliphatic rings. The van der Waals surface area contributed by atoms with Crippen LogP contribution in [0.5, 0.6) is 11.5 Å². The maximum Gasteiger partial charge on any atom is 0.161 e. The van der Waals surface area contributed by atoms with Gasteiger partial charge in [0.2, 0.25) is 0 Å². The molecular formula is C16H22N4O2. The lowest BCUT2D eigenvalue weighted by Crippen LogP contribution is -2.19. The van der Waals surface area contributed by atoms with E-state index in [0.717, 1.165) is 54.8 Å². The lowest BCUT2D eigenvalue weighted by molar-refractivity contribution is 0.354. The second-order valence-electron chi connectivity index (χ2n) is 5.43. The molecule has 0 unspecified atom stereocenters. The summed E-state index contributed by atoms with van der Waals surface area (Å²) in [6, 6.07) is 5.95. The van der Waals surface area contributed by atoms with Crippen LogP contribution in [-0.2, 0) is 26.1 Å². The highest BCUT2D eigenvalue weighted by molar-refractivity contribution is 5.42. The van der Waals surface area contributed by atoms with Crippen molar-refractivity contribution in [2.75, 3.05) is 14.2 Å². The summed E-state index contributed by atoms with van der Waals surface area (Å²) < 4.78 is 12.8. The van der Waals surface area contributed by atoms with Crippen LogP contribution in [0.4, 0.5) is 0 Å². The van der Waals surface area contributed by atoms with Gasteiger partial charge in [-0.15, -0.1) is 10.2 Å². The lowest BCUT2D eigenvalue weighted by Gasteiger charge is -2.15. The first-order valence-electron chi connectivity index (χ1n) is 7.64. The van der Waals surface area contributed by atoms with Crippen molar-refractivity contribution >= 4 is 0 Å². The molecule has 1 aromatic carbocycles. The summed E-state index contributed by atoms with van der Waals surface area (Å²) in [5, 5.41) is 12.0. The Morgan fingerprint density at radius 1 is 1.09 bits per heavy atom. The van der Waals surface area contributed by atoms with Gasteiger partial charge >= 0.3 is 0 Å². The maximum absolute atomic E-state index is 5.32. The molecule has 0 bridgehead atoms. The third kappa shape index (κ3) is 3.06. The van der Waals surface area contributed by atoms with Crippen LogP contribution >= 0.6 is 0 Å². The van der Waals surface area contributed by atoms with E-state index in [9.17, 15) is 0 Å². The van der Waals surface area contributed by atoms with Crippen LogP contribution < -0.4 is 14.8 Å². The molecule has 0 aliphatic carbocycles. The average Bonchev–Trinajstić information content (AvgIpc) is 2.98. The van der Waals surface area contributed by atoms with Crippen LogP contribution in [0.25, 0.3) is 0 Å². The Bertz CT molecular complexity index is 639. The SMILES string of the molecule is COc1ccc(CNCc2nnc3n2CCCC3)cc1OC. The van der Waals surface area contributed by atoms with Gasteiger partial charge in [-0.05, 0) is 30.5 Å². The fourth-order valence-electron chi connectivity index (χ4n) is 2.81. The number of ether oxygens (including phenoxy) is 2. The summed E-state index contributed by atoms with van der Waals surface area (Å²) in [4.78, 5) is 0. The van der Waals surface area contributed by atoms with E-state index in [4.69, 9.17) is 9.47 Å². The number of fused-ring (bicyclic) bond motifs is 1. The summed E-state index contributed by atoms with van der Waals surface area (Å²) in [5.74, 6) is 3.64. The van der Waals surface area contributed by atoms with Gasteiger partial charge in [-0.25, -0.2) is 0 Å². The third-order valence-electron chi connectivity index (χ3n) is 4.00. The maximum atomic E-state index is 5.32. The molecule has 22 heavy (non-hydrogen) atoms. The topological polar surface area (TPSA) is 61.2 Å². The highest BCUT2D eigenvalue weighted by atomic mass is 16.5. The molecule has 0 amide bonds. The van der Waals surface area contributed by atoms with E-state index in [1.807, 2.05) is 18.2 Å². The van der Waals surface area contributed by atoms with Crippen molar-refractivity contribution in [3.05, 3.63) is 35.4 Å². The van der Waals surface area contributed by atoms with Crippen LogP contribution in [0.2, 0.25) is 0 Å². The van der Waals surface area contributed by atoms with E-state index < -0.39 is 0 Å². The number of rotatable bonds is 6. The van der Waals surface area contributed by atoms with Crippen molar-refractivity contribution in [3.63, 3.8) is 0 Å². The molecule has 2 heterocycles. The molecule has 118 valence electrons. The van der Waals surface area contributed by atoms with Crippen LogP contribution in [0, 0.1) is 0 Å². The summed E-state index contributed by atoms with van der Waals surface area (Å²) in [6.45, 7) is 2.51. The van der Waals surface area contributed by atoms with Gasteiger partial charge in [0.1, 0.15) is 11.6 Å². The van der Waals surface area contributed by atoms with Crippen LogP contribution in [0.15, 0.2) is 18.2 Å². The zero-order valence-corrected chi connectivity index (χ0v) is 13.1. The predicted molar refractivity (Wildman–Crippen MR) is 83.0 cm³/mol. The van der Waals surface area contributed by atoms with Crippen LogP contribution in [0.3, 0.4) is 0 Å². The number of hydrogen-bond acceptors (Lipinski definition) is 5. The van der Waals surface area contributed by atoms with E-state index in [2.05, 4.69) is 20.1 Å². The highest BCUT2D eigenvalue weighted by Crippen LogP contribution is 2.27. The Kier molecular flexibility index (Phi) is 4.58. The average molecular weight is 302 g/mol. The first-order valence-corrected chi connectivity index (χ1v) is 7.64. The zero-order chi connectivity index (χ0) is 15.4. The number of benzene rings is 1. The van der Waals surface area contributed by atoms with Crippen LogP contribution in [-0.4, -0.2) is 29.0 Å². The molecule has 0 saturated carbocycles. The smallest absolute Gasteiger partial charge is 0.161 e. The van der Waals surface area contributed by atoms with E-state index in [0.29, 0.717) is 0 Å². The number of nitrogens with one attached hydrogen (secondary N) is 1. The first-order chi connectivity index (χ1) is 10.8. The monoisotopic (exact) mass is 302 g/mol. The molecule has 1 aromatic heterocycles. The normalized spacial score (nSPS) is 13.7. The van der Waals surface area contributed by atoms with Gasteiger partial charge in [0.15, 0.2) is 11.5 Å². The minimum absolute atomic E-state index is 0.724. The summed E-state index contributed by atoms with van der Waals surface area (Å²) in [6.07, 6.45) is 3.48. The second-order valence-corrected chi connectivity index (χ2v) is 5.43. The molecule has 0 radical (unpaired) electrons. The molecule has 0 saturated heterocycles. The zero-order valence-electron chi connectivity index (χ0n) is 13.1. The molecular weight excluding hydrogens is 280 g/mol. The first kappa shape index (κ1) is 14.8.